The van der Waals surface area contributed by atoms with Crippen molar-refractivity contribution in [3.8, 4) is 0 Å². The van der Waals surface area contributed by atoms with E-state index in [4.69, 9.17) is 27.9 Å². The normalized spacial score (nSPS) is 10.2. The van der Waals surface area contributed by atoms with Crippen molar-refractivity contribution in [2.45, 2.75) is 13.3 Å². The van der Waals surface area contributed by atoms with Gasteiger partial charge in [-0.3, -0.25) is 9.59 Å². The summed E-state index contributed by atoms with van der Waals surface area (Å²) < 4.78 is 4.95. The zero-order chi connectivity index (χ0) is 16.8. The first-order valence-corrected chi connectivity index (χ1v) is 7.66. The van der Waals surface area contributed by atoms with Crippen molar-refractivity contribution < 1.29 is 14.3 Å². The predicted molar refractivity (Wildman–Crippen MR) is 90.9 cm³/mol. The van der Waals surface area contributed by atoms with Crippen LogP contribution >= 0.6 is 23.2 Å². The van der Waals surface area contributed by atoms with Crippen molar-refractivity contribution in [1.29, 1.82) is 0 Å². The third-order valence-corrected chi connectivity index (χ3v) is 3.79. The number of carbonyl (C=O) groups is 2. The van der Waals surface area contributed by atoms with Crippen LogP contribution in [0, 0.1) is 6.92 Å². The summed E-state index contributed by atoms with van der Waals surface area (Å²) in [5.74, 6) is -0.980. The minimum atomic E-state index is -0.570. The van der Waals surface area contributed by atoms with E-state index < -0.39 is 11.9 Å². The molecule has 1 N–H and O–H groups in total. The summed E-state index contributed by atoms with van der Waals surface area (Å²) in [4.78, 5) is 23.5. The van der Waals surface area contributed by atoms with E-state index in [2.05, 4.69) is 5.32 Å². The Morgan fingerprint density at radius 3 is 2.26 bits per heavy atom. The lowest BCUT2D eigenvalue weighted by molar-refractivity contribution is -0.146. The first-order chi connectivity index (χ1) is 11.0. The number of nitrogens with one attached hydrogen (secondary N) is 1. The van der Waals surface area contributed by atoms with Crippen LogP contribution in [-0.4, -0.2) is 18.5 Å². The predicted octanol–water partition coefficient (Wildman–Crippen LogP) is 4.03. The average Bonchev–Trinajstić information content (AvgIpc) is 2.51. The van der Waals surface area contributed by atoms with E-state index in [1.54, 1.807) is 30.3 Å². The average molecular weight is 352 g/mol. The van der Waals surface area contributed by atoms with E-state index in [-0.39, 0.29) is 13.0 Å². The highest BCUT2D eigenvalue weighted by Crippen LogP contribution is 2.24. The highest BCUT2D eigenvalue weighted by molar-refractivity contribution is 6.36. The van der Waals surface area contributed by atoms with E-state index in [0.717, 1.165) is 5.56 Å². The Labute approximate surface area is 144 Å². The van der Waals surface area contributed by atoms with Crippen LogP contribution in [-0.2, 0) is 20.7 Å². The summed E-state index contributed by atoms with van der Waals surface area (Å²) in [6.07, 6.45) is -0.0870. The molecule has 0 atom stereocenters. The molecule has 0 fully saturated rings. The van der Waals surface area contributed by atoms with Gasteiger partial charge in [0, 0.05) is 21.3 Å². The molecule has 0 saturated carbocycles. The van der Waals surface area contributed by atoms with E-state index in [9.17, 15) is 9.59 Å². The lowest BCUT2D eigenvalue weighted by atomic mass is 10.1. The number of hydrogen-bond acceptors (Lipinski definition) is 3. The minimum Gasteiger partial charge on any atom is -0.455 e. The molecule has 0 aliphatic heterocycles. The van der Waals surface area contributed by atoms with Crippen molar-refractivity contribution in [2.75, 3.05) is 11.9 Å². The van der Waals surface area contributed by atoms with E-state index in [1.165, 1.54) is 0 Å². The molecule has 0 aliphatic carbocycles. The third kappa shape index (κ3) is 5.27. The fraction of sp³-hybridized carbons (Fsp3) is 0.176. The van der Waals surface area contributed by atoms with Crippen LogP contribution in [0.4, 0.5) is 5.69 Å². The van der Waals surface area contributed by atoms with Gasteiger partial charge in [0.15, 0.2) is 6.61 Å². The lowest BCUT2D eigenvalue weighted by Gasteiger charge is -2.08. The molecule has 120 valence electrons. The number of rotatable bonds is 5. The van der Waals surface area contributed by atoms with Crippen molar-refractivity contribution >= 4 is 40.8 Å². The van der Waals surface area contributed by atoms with Crippen LogP contribution in [0.25, 0.3) is 0 Å². The van der Waals surface area contributed by atoms with E-state index in [1.807, 2.05) is 19.1 Å². The maximum Gasteiger partial charge on any atom is 0.310 e. The molecule has 2 aromatic carbocycles. The Hall–Kier alpha value is -2.04. The van der Waals surface area contributed by atoms with Crippen LogP contribution in [0.2, 0.25) is 10.0 Å². The Morgan fingerprint density at radius 1 is 1.04 bits per heavy atom. The molecule has 0 saturated heterocycles. The molecule has 4 nitrogen and oxygen atoms in total. The standard InChI is InChI=1S/C17H15Cl2NO3/c1-11-5-7-12(8-6-11)20-16(21)10-23-17(22)9-13-14(18)3-2-4-15(13)19/h2-8H,9-10H2,1H3,(H,20,21). The first kappa shape index (κ1) is 17.3. The number of hydrogen-bond donors (Lipinski definition) is 1. The number of carbonyl (C=O) groups excluding carboxylic acids is 2. The number of esters is 1. The molecule has 0 heterocycles. The highest BCUT2D eigenvalue weighted by Gasteiger charge is 2.13. The Kier molecular flexibility index (Phi) is 6.02. The van der Waals surface area contributed by atoms with Crippen molar-refractivity contribution in [3.05, 3.63) is 63.6 Å². The SMILES string of the molecule is Cc1ccc(NC(=O)COC(=O)Cc2c(Cl)cccc2Cl)cc1. The van der Waals surface area contributed by atoms with Gasteiger partial charge < -0.3 is 10.1 Å². The molecule has 0 radical (unpaired) electrons. The maximum atomic E-state index is 11.8. The molecule has 0 aromatic heterocycles. The zero-order valence-electron chi connectivity index (χ0n) is 12.4. The lowest BCUT2D eigenvalue weighted by Crippen LogP contribution is -2.21. The van der Waals surface area contributed by atoms with Gasteiger partial charge in [0.05, 0.1) is 6.42 Å². The number of benzene rings is 2. The van der Waals surface area contributed by atoms with Crippen LogP contribution in [0.15, 0.2) is 42.5 Å². The topological polar surface area (TPSA) is 55.4 Å². The van der Waals surface area contributed by atoms with Gasteiger partial charge in [-0.2, -0.15) is 0 Å². The van der Waals surface area contributed by atoms with Gasteiger partial charge in [0.1, 0.15) is 0 Å². The highest BCUT2D eigenvalue weighted by atomic mass is 35.5. The van der Waals surface area contributed by atoms with E-state index in [0.29, 0.717) is 21.3 Å². The van der Waals surface area contributed by atoms with Crippen molar-refractivity contribution in [1.82, 2.24) is 0 Å². The van der Waals surface area contributed by atoms with E-state index >= 15 is 0 Å². The molecule has 0 spiro atoms. The Bertz CT molecular complexity index is 694. The fourth-order valence-corrected chi connectivity index (χ4v) is 2.41. The number of amides is 1. The van der Waals surface area contributed by atoms with Crippen LogP contribution in [0.5, 0.6) is 0 Å². The quantitative estimate of drug-likeness (QED) is 0.827. The molecule has 23 heavy (non-hydrogen) atoms. The fourth-order valence-electron chi connectivity index (χ4n) is 1.88. The Morgan fingerprint density at radius 2 is 1.65 bits per heavy atom. The van der Waals surface area contributed by atoms with Gasteiger partial charge in [-0.1, -0.05) is 47.0 Å². The van der Waals surface area contributed by atoms with Gasteiger partial charge in [-0.25, -0.2) is 0 Å². The van der Waals surface area contributed by atoms with Crippen LogP contribution in [0.3, 0.4) is 0 Å². The van der Waals surface area contributed by atoms with Gasteiger partial charge in [0.2, 0.25) is 0 Å². The molecule has 0 unspecified atom stereocenters. The second kappa shape index (κ2) is 7.99. The monoisotopic (exact) mass is 351 g/mol. The molecular formula is C17H15Cl2NO3. The summed E-state index contributed by atoms with van der Waals surface area (Å²) in [6, 6.07) is 12.3. The number of anilines is 1. The molecule has 0 aliphatic rings. The number of halogens is 2. The smallest absolute Gasteiger partial charge is 0.310 e. The summed E-state index contributed by atoms with van der Waals surface area (Å²) in [5, 5.41) is 3.42. The molecule has 0 bridgehead atoms. The third-order valence-electron chi connectivity index (χ3n) is 3.08. The summed E-state index contributed by atoms with van der Waals surface area (Å²) in [5.41, 5.74) is 2.22. The number of ether oxygens (including phenoxy) is 1. The minimum absolute atomic E-state index is 0.0870. The zero-order valence-corrected chi connectivity index (χ0v) is 13.9. The second-order valence-corrected chi connectivity index (χ2v) is 5.77. The van der Waals surface area contributed by atoms with Gasteiger partial charge >= 0.3 is 5.97 Å². The molecule has 2 aromatic rings. The summed E-state index contributed by atoms with van der Waals surface area (Å²) in [6.45, 7) is 1.59. The van der Waals surface area contributed by atoms with Crippen LogP contribution in [0.1, 0.15) is 11.1 Å². The van der Waals surface area contributed by atoms with Crippen LogP contribution < -0.4 is 5.32 Å². The summed E-state index contributed by atoms with van der Waals surface area (Å²) in [7, 11) is 0. The molecule has 1 amide bonds. The molecular weight excluding hydrogens is 337 g/mol. The first-order valence-electron chi connectivity index (χ1n) is 6.91. The maximum absolute atomic E-state index is 11.8. The summed E-state index contributed by atoms with van der Waals surface area (Å²) >= 11 is 12.0. The molecule has 2 rings (SSSR count). The van der Waals surface area contributed by atoms with Gasteiger partial charge in [-0.05, 0) is 31.2 Å². The second-order valence-electron chi connectivity index (χ2n) is 4.95. The largest absolute Gasteiger partial charge is 0.455 e. The molecule has 6 heteroatoms. The Balaban J connectivity index is 1.84. The van der Waals surface area contributed by atoms with Gasteiger partial charge in [-0.15, -0.1) is 0 Å². The van der Waals surface area contributed by atoms with Crippen molar-refractivity contribution in [2.24, 2.45) is 0 Å². The van der Waals surface area contributed by atoms with Gasteiger partial charge in [0.25, 0.3) is 5.91 Å². The number of aryl methyl sites for hydroxylation is 1. The van der Waals surface area contributed by atoms with Crippen molar-refractivity contribution in [3.63, 3.8) is 0 Å².